The summed E-state index contributed by atoms with van der Waals surface area (Å²) in [5, 5.41) is 0. The van der Waals surface area contributed by atoms with Crippen LogP contribution in [0.15, 0.2) is 66.9 Å². The Hall–Kier alpha value is -2.28. The van der Waals surface area contributed by atoms with Gasteiger partial charge >= 0.3 is 0 Å². The van der Waals surface area contributed by atoms with Gasteiger partial charge in [-0.15, -0.1) is 0 Å². The third-order valence-electron chi connectivity index (χ3n) is 4.23. The summed E-state index contributed by atoms with van der Waals surface area (Å²) in [5.74, 6) is 0. The maximum absolute atomic E-state index is 4.19. The number of benzene rings is 1. The number of rotatable bonds is 6. The molecule has 0 bridgehead atoms. The normalized spacial score (nSPS) is 12.6. The molecule has 0 aliphatic heterocycles. The van der Waals surface area contributed by atoms with Gasteiger partial charge in [0.2, 0.25) is 0 Å². The first-order chi connectivity index (χ1) is 10.8. The van der Waals surface area contributed by atoms with Crippen LogP contribution in [0.2, 0.25) is 0 Å². The van der Waals surface area contributed by atoms with E-state index < -0.39 is 0 Å². The standard InChI is InChI=1S/C22H29N/c1-9-11-12-13-17(4)21-14-19(6)22(15-18(21)5)23(8)20(7)16(3)10-2/h9-15H,2,4H2,1,3,5-8H3/b11-9-,13-12-,20-16-. The Balaban J connectivity index is 3.25. The Kier molecular flexibility index (Phi) is 6.84. The average Bonchev–Trinajstić information content (AvgIpc) is 2.54. The molecule has 0 unspecified atom stereocenters. The topological polar surface area (TPSA) is 3.24 Å². The van der Waals surface area contributed by atoms with E-state index in [9.17, 15) is 0 Å². The summed E-state index contributed by atoms with van der Waals surface area (Å²) in [4.78, 5) is 2.22. The Labute approximate surface area is 142 Å². The SMILES string of the molecule is C=C/C(C)=C(/C)N(C)c1cc(C)c(C(=C)/C=C\C=C/C)cc1C. The Morgan fingerprint density at radius 1 is 1.09 bits per heavy atom. The molecule has 0 N–H and O–H groups in total. The Bertz CT molecular complexity index is 684. The van der Waals surface area contributed by atoms with Crippen LogP contribution in [0.5, 0.6) is 0 Å². The lowest BCUT2D eigenvalue weighted by molar-refractivity contribution is 1.05. The van der Waals surface area contributed by atoms with Crippen LogP contribution < -0.4 is 4.90 Å². The van der Waals surface area contributed by atoms with E-state index in [0.717, 1.165) is 5.57 Å². The molecule has 0 aliphatic carbocycles. The lowest BCUT2D eigenvalue weighted by atomic mass is 9.97. The van der Waals surface area contributed by atoms with Crippen molar-refractivity contribution in [1.82, 2.24) is 0 Å². The maximum atomic E-state index is 4.19. The molecule has 1 heteroatoms. The van der Waals surface area contributed by atoms with Crippen molar-refractivity contribution in [3.8, 4) is 0 Å². The van der Waals surface area contributed by atoms with Gasteiger partial charge in [-0.3, -0.25) is 0 Å². The zero-order valence-electron chi connectivity index (χ0n) is 15.4. The largest absolute Gasteiger partial charge is 0.348 e. The third kappa shape index (κ3) is 4.59. The number of hydrogen-bond donors (Lipinski definition) is 0. The summed E-state index contributed by atoms with van der Waals surface area (Å²) in [6, 6.07) is 4.46. The van der Waals surface area contributed by atoms with Gasteiger partial charge in [-0.2, -0.15) is 0 Å². The Morgan fingerprint density at radius 3 is 2.30 bits per heavy atom. The fourth-order valence-electron chi connectivity index (χ4n) is 2.47. The molecule has 0 spiro atoms. The molecule has 0 saturated heterocycles. The fraction of sp³-hybridized carbons (Fsp3) is 0.273. The molecular formula is C22H29N. The number of anilines is 1. The van der Waals surface area contributed by atoms with Crippen LogP contribution in [0, 0.1) is 13.8 Å². The number of hydrogen-bond acceptors (Lipinski definition) is 1. The summed E-state index contributed by atoms with van der Waals surface area (Å²) in [7, 11) is 2.10. The highest BCUT2D eigenvalue weighted by Crippen LogP contribution is 2.30. The summed E-state index contributed by atoms with van der Waals surface area (Å²) in [5.41, 5.74) is 8.32. The smallest absolute Gasteiger partial charge is 0.0438 e. The maximum Gasteiger partial charge on any atom is 0.0438 e. The van der Waals surface area contributed by atoms with E-state index in [2.05, 4.69) is 71.0 Å². The molecule has 1 rings (SSSR count). The van der Waals surface area contributed by atoms with Gasteiger partial charge in [-0.05, 0) is 74.6 Å². The van der Waals surface area contributed by atoms with Crippen LogP contribution in [-0.4, -0.2) is 7.05 Å². The summed E-state index contributed by atoms with van der Waals surface area (Å²) in [6.45, 7) is 18.6. The van der Waals surface area contributed by atoms with Gasteiger partial charge in [0, 0.05) is 18.4 Å². The van der Waals surface area contributed by atoms with Gasteiger partial charge < -0.3 is 4.90 Å². The fourth-order valence-corrected chi connectivity index (χ4v) is 2.47. The zero-order chi connectivity index (χ0) is 17.6. The van der Waals surface area contributed by atoms with Crippen LogP contribution in [0.3, 0.4) is 0 Å². The van der Waals surface area contributed by atoms with Crippen LogP contribution in [-0.2, 0) is 0 Å². The van der Waals surface area contributed by atoms with E-state index >= 15 is 0 Å². The Morgan fingerprint density at radius 2 is 1.74 bits per heavy atom. The predicted octanol–water partition coefficient (Wildman–Crippen LogP) is 6.37. The van der Waals surface area contributed by atoms with Gasteiger partial charge in [0.05, 0.1) is 0 Å². The number of allylic oxidation sites excluding steroid dienone is 8. The highest BCUT2D eigenvalue weighted by Gasteiger charge is 2.11. The summed E-state index contributed by atoms with van der Waals surface area (Å²) < 4.78 is 0. The van der Waals surface area contributed by atoms with Gasteiger partial charge in [-0.1, -0.05) is 43.5 Å². The van der Waals surface area contributed by atoms with Crippen LogP contribution in [0.1, 0.15) is 37.5 Å². The van der Waals surface area contributed by atoms with Crippen molar-refractivity contribution in [3.63, 3.8) is 0 Å². The van der Waals surface area contributed by atoms with Crippen molar-refractivity contribution in [2.75, 3.05) is 11.9 Å². The van der Waals surface area contributed by atoms with Crippen LogP contribution in [0.25, 0.3) is 5.57 Å². The third-order valence-corrected chi connectivity index (χ3v) is 4.23. The van der Waals surface area contributed by atoms with E-state index in [1.807, 2.05) is 31.2 Å². The molecule has 0 saturated carbocycles. The van der Waals surface area contributed by atoms with Crippen molar-refractivity contribution >= 4 is 11.3 Å². The monoisotopic (exact) mass is 307 g/mol. The number of aryl methyl sites for hydroxylation is 2. The summed E-state index contributed by atoms with van der Waals surface area (Å²) in [6.07, 6.45) is 10.0. The molecular weight excluding hydrogens is 278 g/mol. The molecule has 0 aliphatic rings. The van der Waals surface area contributed by atoms with Crippen molar-refractivity contribution in [1.29, 1.82) is 0 Å². The first-order valence-electron chi connectivity index (χ1n) is 7.97. The molecule has 0 fully saturated rings. The van der Waals surface area contributed by atoms with E-state index in [1.54, 1.807) is 0 Å². The highest BCUT2D eigenvalue weighted by atomic mass is 15.1. The van der Waals surface area contributed by atoms with Crippen molar-refractivity contribution in [3.05, 3.63) is 83.6 Å². The van der Waals surface area contributed by atoms with Gasteiger partial charge in [0.25, 0.3) is 0 Å². The first kappa shape index (κ1) is 18.8. The van der Waals surface area contributed by atoms with Crippen molar-refractivity contribution in [2.24, 2.45) is 0 Å². The number of nitrogens with zero attached hydrogens (tertiary/aromatic N) is 1. The highest BCUT2D eigenvalue weighted by molar-refractivity contribution is 5.77. The van der Waals surface area contributed by atoms with E-state index in [0.29, 0.717) is 0 Å². The second-order valence-corrected chi connectivity index (χ2v) is 5.90. The average molecular weight is 307 g/mol. The molecule has 1 aromatic rings. The van der Waals surface area contributed by atoms with Gasteiger partial charge in [0.15, 0.2) is 0 Å². The second-order valence-electron chi connectivity index (χ2n) is 5.90. The molecule has 23 heavy (non-hydrogen) atoms. The van der Waals surface area contributed by atoms with Crippen molar-refractivity contribution < 1.29 is 0 Å². The minimum absolute atomic E-state index is 1.03. The van der Waals surface area contributed by atoms with E-state index in [4.69, 9.17) is 0 Å². The molecule has 1 aromatic carbocycles. The molecule has 0 atom stereocenters. The molecule has 122 valence electrons. The lowest BCUT2D eigenvalue weighted by Gasteiger charge is -2.25. The molecule has 0 aromatic heterocycles. The molecule has 0 heterocycles. The van der Waals surface area contributed by atoms with E-state index in [-0.39, 0.29) is 0 Å². The minimum atomic E-state index is 1.03. The molecule has 0 amide bonds. The molecule has 1 nitrogen and oxygen atoms in total. The first-order valence-corrected chi connectivity index (χ1v) is 7.97. The summed E-state index contributed by atoms with van der Waals surface area (Å²) >= 11 is 0. The zero-order valence-corrected chi connectivity index (χ0v) is 15.4. The minimum Gasteiger partial charge on any atom is -0.348 e. The lowest BCUT2D eigenvalue weighted by Crippen LogP contribution is -2.17. The predicted molar refractivity (Wildman–Crippen MR) is 106 cm³/mol. The van der Waals surface area contributed by atoms with Crippen LogP contribution >= 0.6 is 0 Å². The van der Waals surface area contributed by atoms with Gasteiger partial charge in [0.1, 0.15) is 0 Å². The van der Waals surface area contributed by atoms with E-state index in [1.165, 1.54) is 33.6 Å². The van der Waals surface area contributed by atoms with Crippen LogP contribution in [0.4, 0.5) is 5.69 Å². The quantitative estimate of drug-likeness (QED) is 0.552. The van der Waals surface area contributed by atoms with Crippen molar-refractivity contribution in [2.45, 2.75) is 34.6 Å². The second kappa shape index (κ2) is 8.38. The van der Waals surface area contributed by atoms with Gasteiger partial charge in [-0.25, -0.2) is 0 Å². The molecule has 0 radical (unpaired) electrons.